The summed E-state index contributed by atoms with van der Waals surface area (Å²) in [7, 11) is 0. The molecule has 0 aliphatic rings. The van der Waals surface area contributed by atoms with Crippen LogP contribution in [0, 0.1) is 0 Å². The summed E-state index contributed by atoms with van der Waals surface area (Å²) in [5.41, 5.74) is -0.902. The molecule has 2 N–H and O–H groups in total. The molecule has 0 fully saturated rings. The van der Waals surface area contributed by atoms with Crippen molar-refractivity contribution in [2.24, 2.45) is 0 Å². The molecule has 0 bridgehead atoms. The van der Waals surface area contributed by atoms with E-state index in [0.29, 0.717) is 39.4 Å². The Hall–Kier alpha value is -0.650. The van der Waals surface area contributed by atoms with Crippen molar-refractivity contribution in [1.29, 1.82) is 0 Å². The van der Waals surface area contributed by atoms with Crippen LogP contribution >= 0.6 is 0 Å². The van der Waals surface area contributed by atoms with E-state index in [2.05, 4.69) is 5.32 Å². The molecule has 0 aromatic heterocycles. The molecule has 0 aliphatic heterocycles. The maximum Gasteiger partial charge on any atom is 0.323 e. The molecule has 0 aromatic carbocycles. The van der Waals surface area contributed by atoms with Crippen LogP contribution in [0.5, 0.6) is 0 Å². The molecule has 5 nitrogen and oxygen atoms in total. The molecule has 5 heteroatoms. The molecule has 16 heavy (non-hydrogen) atoms. The van der Waals surface area contributed by atoms with E-state index in [1.807, 2.05) is 13.8 Å². The van der Waals surface area contributed by atoms with Gasteiger partial charge in [0.15, 0.2) is 0 Å². The molecule has 0 saturated carbocycles. The highest BCUT2D eigenvalue weighted by Gasteiger charge is 2.31. The number of carboxylic acid groups (broad SMARTS) is 1. The fourth-order valence-electron chi connectivity index (χ4n) is 1.30. The quantitative estimate of drug-likeness (QED) is 0.548. The lowest BCUT2D eigenvalue weighted by Gasteiger charge is -2.25. The maximum atomic E-state index is 11.0. The average molecular weight is 233 g/mol. The monoisotopic (exact) mass is 233 g/mol. The molecule has 0 aliphatic carbocycles. The summed E-state index contributed by atoms with van der Waals surface area (Å²) < 4.78 is 10.4. The first-order valence-corrected chi connectivity index (χ1v) is 5.70. The van der Waals surface area contributed by atoms with E-state index in [1.54, 1.807) is 6.92 Å². The average Bonchev–Trinajstić information content (AvgIpc) is 2.23. The molecule has 1 atom stereocenters. The molecular weight excluding hydrogens is 210 g/mol. The van der Waals surface area contributed by atoms with Crippen LogP contribution in [-0.2, 0) is 14.3 Å². The van der Waals surface area contributed by atoms with E-state index in [4.69, 9.17) is 14.6 Å². The Morgan fingerprint density at radius 2 is 1.88 bits per heavy atom. The Kier molecular flexibility index (Phi) is 8.15. The Labute approximate surface area is 97.1 Å². The minimum Gasteiger partial charge on any atom is -0.480 e. The smallest absolute Gasteiger partial charge is 0.323 e. The molecule has 0 heterocycles. The second-order valence-corrected chi connectivity index (χ2v) is 3.73. The lowest BCUT2D eigenvalue weighted by atomic mass is 9.99. The summed E-state index contributed by atoms with van der Waals surface area (Å²) in [6.07, 6.45) is 0.447. The van der Waals surface area contributed by atoms with Gasteiger partial charge in [-0.1, -0.05) is 6.92 Å². The van der Waals surface area contributed by atoms with Crippen molar-refractivity contribution in [1.82, 2.24) is 5.32 Å². The first-order chi connectivity index (χ1) is 7.56. The van der Waals surface area contributed by atoms with Crippen LogP contribution < -0.4 is 5.32 Å². The van der Waals surface area contributed by atoms with Crippen LogP contribution in [0.2, 0.25) is 0 Å². The lowest BCUT2D eigenvalue weighted by Crippen LogP contribution is -2.50. The summed E-state index contributed by atoms with van der Waals surface area (Å²) in [5.74, 6) is -0.845. The lowest BCUT2D eigenvalue weighted by molar-refractivity contribution is -0.145. The standard InChI is InChI=1S/C11H23NO4/c1-4-12-11(3,10(13)14)6-7-16-9-8-15-5-2/h12H,4-9H2,1-3H3,(H,13,14). The summed E-state index contributed by atoms with van der Waals surface area (Å²) in [6.45, 7) is 8.27. The zero-order valence-corrected chi connectivity index (χ0v) is 10.4. The third kappa shape index (κ3) is 6.05. The van der Waals surface area contributed by atoms with Crippen molar-refractivity contribution >= 4 is 5.97 Å². The number of rotatable bonds is 10. The number of likely N-dealkylation sites (N-methyl/N-ethyl adjacent to an activating group) is 1. The number of aliphatic carboxylic acids is 1. The first kappa shape index (κ1) is 15.3. The molecule has 0 amide bonds. The molecular formula is C11H23NO4. The summed E-state index contributed by atoms with van der Waals surface area (Å²) in [5, 5.41) is 12.0. The first-order valence-electron chi connectivity index (χ1n) is 5.70. The van der Waals surface area contributed by atoms with E-state index in [9.17, 15) is 4.79 Å². The van der Waals surface area contributed by atoms with Crippen LogP contribution in [0.15, 0.2) is 0 Å². The van der Waals surface area contributed by atoms with Crippen LogP contribution in [-0.4, -0.2) is 49.6 Å². The predicted molar refractivity (Wildman–Crippen MR) is 61.6 cm³/mol. The van der Waals surface area contributed by atoms with E-state index in [0.717, 1.165) is 0 Å². The van der Waals surface area contributed by atoms with Gasteiger partial charge in [0.2, 0.25) is 0 Å². The summed E-state index contributed by atoms with van der Waals surface area (Å²) in [6, 6.07) is 0. The largest absolute Gasteiger partial charge is 0.480 e. The van der Waals surface area contributed by atoms with Crippen molar-refractivity contribution in [2.45, 2.75) is 32.7 Å². The van der Waals surface area contributed by atoms with Crippen LogP contribution in [0.25, 0.3) is 0 Å². The highest BCUT2D eigenvalue weighted by molar-refractivity contribution is 5.78. The van der Waals surface area contributed by atoms with E-state index in [1.165, 1.54) is 0 Å². The van der Waals surface area contributed by atoms with Gasteiger partial charge in [-0.15, -0.1) is 0 Å². The zero-order valence-electron chi connectivity index (χ0n) is 10.4. The second kappa shape index (κ2) is 8.50. The molecule has 0 aromatic rings. The normalized spacial score (nSPS) is 14.7. The molecule has 0 rings (SSSR count). The predicted octanol–water partition coefficient (Wildman–Crippen LogP) is 0.882. The molecule has 96 valence electrons. The second-order valence-electron chi connectivity index (χ2n) is 3.73. The van der Waals surface area contributed by atoms with Gasteiger partial charge in [-0.05, 0) is 26.8 Å². The minimum atomic E-state index is -0.902. The van der Waals surface area contributed by atoms with E-state index in [-0.39, 0.29) is 0 Å². The molecule has 0 saturated heterocycles. The third-order valence-corrected chi connectivity index (χ3v) is 2.36. The number of hydrogen-bond donors (Lipinski definition) is 2. The Morgan fingerprint density at radius 3 is 2.38 bits per heavy atom. The van der Waals surface area contributed by atoms with Crippen molar-refractivity contribution in [2.75, 3.05) is 33.0 Å². The van der Waals surface area contributed by atoms with Crippen molar-refractivity contribution in [3.63, 3.8) is 0 Å². The third-order valence-electron chi connectivity index (χ3n) is 2.36. The number of nitrogens with one attached hydrogen (secondary N) is 1. The van der Waals surface area contributed by atoms with Gasteiger partial charge in [0.25, 0.3) is 0 Å². The number of carbonyl (C=O) groups is 1. The van der Waals surface area contributed by atoms with Gasteiger partial charge in [0.05, 0.1) is 13.2 Å². The zero-order chi connectivity index (χ0) is 12.4. The van der Waals surface area contributed by atoms with Crippen molar-refractivity contribution in [3.05, 3.63) is 0 Å². The van der Waals surface area contributed by atoms with Gasteiger partial charge in [-0.3, -0.25) is 4.79 Å². The Balaban J connectivity index is 3.73. The molecule has 0 spiro atoms. The van der Waals surface area contributed by atoms with Gasteiger partial charge < -0.3 is 19.9 Å². The SMILES string of the molecule is CCNC(C)(CCOCCOCC)C(=O)O. The number of ether oxygens (including phenoxy) is 2. The van der Waals surface area contributed by atoms with Gasteiger partial charge in [-0.2, -0.15) is 0 Å². The molecule has 0 radical (unpaired) electrons. The fourth-order valence-corrected chi connectivity index (χ4v) is 1.30. The van der Waals surface area contributed by atoms with Gasteiger partial charge in [0, 0.05) is 13.2 Å². The van der Waals surface area contributed by atoms with E-state index < -0.39 is 11.5 Å². The van der Waals surface area contributed by atoms with E-state index >= 15 is 0 Å². The highest BCUT2D eigenvalue weighted by Crippen LogP contribution is 2.09. The number of carboxylic acids is 1. The van der Waals surface area contributed by atoms with Crippen molar-refractivity contribution in [3.8, 4) is 0 Å². The van der Waals surface area contributed by atoms with Crippen LogP contribution in [0.1, 0.15) is 27.2 Å². The van der Waals surface area contributed by atoms with Crippen LogP contribution in [0.4, 0.5) is 0 Å². The Morgan fingerprint density at radius 1 is 1.25 bits per heavy atom. The van der Waals surface area contributed by atoms with Gasteiger partial charge in [-0.25, -0.2) is 0 Å². The van der Waals surface area contributed by atoms with Gasteiger partial charge >= 0.3 is 5.97 Å². The Bertz CT molecular complexity index is 198. The molecule has 1 unspecified atom stereocenters. The number of hydrogen-bond acceptors (Lipinski definition) is 4. The highest BCUT2D eigenvalue weighted by atomic mass is 16.5. The topological polar surface area (TPSA) is 67.8 Å². The minimum absolute atomic E-state index is 0.420. The summed E-state index contributed by atoms with van der Waals surface area (Å²) in [4.78, 5) is 11.0. The maximum absolute atomic E-state index is 11.0. The van der Waals surface area contributed by atoms with Crippen LogP contribution in [0.3, 0.4) is 0 Å². The van der Waals surface area contributed by atoms with Gasteiger partial charge in [0.1, 0.15) is 5.54 Å². The summed E-state index contributed by atoms with van der Waals surface area (Å²) >= 11 is 0. The fraction of sp³-hybridized carbons (Fsp3) is 0.909. The van der Waals surface area contributed by atoms with Crippen molar-refractivity contribution < 1.29 is 19.4 Å².